The van der Waals surface area contributed by atoms with Crippen LogP contribution in [0.5, 0.6) is 0 Å². The van der Waals surface area contributed by atoms with Crippen molar-refractivity contribution in [2.75, 3.05) is 19.6 Å². The van der Waals surface area contributed by atoms with Gasteiger partial charge in [-0.3, -0.25) is 4.79 Å². The maximum atomic E-state index is 12.6. The maximum absolute atomic E-state index is 12.6. The number of carbonyl (C=O) groups excluding carboxylic acids is 1. The summed E-state index contributed by atoms with van der Waals surface area (Å²) < 4.78 is 1.98. The number of carbonyl (C=O) groups is 1. The van der Waals surface area contributed by atoms with E-state index in [0.29, 0.717) is 6.04 Å². The molecule has 1 atom stereocenters. The molecule has 0 aliphatic carbocycles. The van der Waals surface area contributed by atoms with Crippen molar-refractivity contribution in [3.05, 3.63) is 23.5 Å². The van der Waals surface area contributed by atoms with Gasteiger partial charge in [0.05, 0.1) is 0 Å². The van der Waals surface area contributed by atoms with Gasteiger partial charge in [-0.2, -0.15) is 0 Å². The standard InChI is InChI=1S/C14H23N3O.ClH/c1-4-9-17(12-7-8-15-10-12)14(18)13-6-5-11(2)16(13)3;/h5-6,12,15H,4,7-10H2,1-3H3;1H. The smallest absolute Gasteiger partial charge is 0.270 e. The van der Waals surface area contributed by atoms with Crippen LogP contribution in [-0.4, -0.2) is 41.1 Å². The van der Waals surface area contributed by atoms with Gasteiger partial charge >= 0.3 is 0 Å². The normalized spacial score (nSPS) is 18.2. The van der Waals surface area contributed by atoms with Crippen LogP contribution in [0.3, 0.4) is 0 Å². The minimum Gasteiger partial charge on any atom is -0.344 e. The summed E-state index contributed by atoms with van der Waals surface area (Å²) >= 11 is 0. The Labute approximate surface area is 121 Å². The molecule has 1 unspecified atom stereocenters. The summed E-state index contributed by atoms with van der Waals surface area (Å²) in [6, 6.07) is 4.29. The second kappa shape index (κ2) is 6.96. The average Bonchev–Trinajstić information content (AvgIpc) is 2.98. The van der Waals surface area contributed by atoms with Gasteiger partial charge in [0.1, 0.15) is 5.69 Å². The van der Waals surface area contributed by atoms with E-state index in [-0.39, 0.29) is 18.3 Å². The van der Waals surface area contributed by atoms with Crippen LogP contribution in [0, 0.1) is 6.92 Å². The van der Waals surface area contributed by atoms with Gasteiger partial charge in [-0.05, 0) is 38.4 Å². The summed E-state index contributed by atoms with van der Waals surface area (Å²) in [6.45, 7) is 6.94. The van der Waals surface area contributed by atoms with E-state index in [1.807, 2.05) is 35.6 Å². The van der Waals surface area contributed by atoms with Crippen molar-refractivity contribution < 1.29 is 4.79 Å². The number of hydrogen-bond donors (Lipinski definition) is 1. The molecule has 1 aliphatic heterocycles. The summed E-state index contributed by atoms with van der Waals surface area (Å²) in [4.78, 5) is 14.7. The molecule has 1 saturated heterocycles. The predicted molar refractivity (Wildman–Crippen MR) is 80.0 cm³/mol. The van der Waals surface area contributed by atoms with E-state index >= 15 is 0 Å². The van der Waals surface area contributed by atoms with Crippen LogP contribution >= 0.6 is 12.4 Å². The first kappa shape index (κ1) is 16.1. The highest BCUT2D eigenvalue weighted by molar-refractivity contribution is 5.93. The monoisotopic (exact) mass is 285 g/mol. The predicted octanol–water partition coefficient (Wildman–Crippen LogP) is 1.97. The van der Waals surface area contributed by atoms with Crippen molar-refractivity contribution in [2.45, 2.75) is 32.7 Å². The number of hydrogen-bond acceptors (Lipinski definition) is 2. The molecule has 5 heteroatoms. The third kappa shape index (κ3) is 3.31. The number of aryl methyl sites for hydroxylation is 1. The number of halogens is 1. The molecule has 0 spiro atoms. The second-order valence-electron chi connectivity index (χ2n) is 5.06. The molecular formula is C14H24ClN3O. The van der Waals surface area contributed by atoms with E-state index in [0.717, 1.165) is 43.9 Å². The fourth-order valence-corrected chi connectivity index (χ4v) is 2.57. The van der Waals surface area contributed by atoms with Gasteiger partial charge in [-0.1, -0.05) is 6.92 Å². The van der Waals surface area contributed by atoms with Crippen molar-refractivity contribution >= 4 is 18.3 Å². The van der Waals surface area contributed by atoms with E-state index in [1.54, 1.807) is 0 Å². The molecule has 2 rings (SSSR count). The Kier molecular flexibility index (Phi) is 5.88. The Balaban J connectivity index is 0.00000180. The summed E-state index contributed by atoms with van der Waals surface area (Å²) in [5, 5.41) is 3.34. The Morgan fingerprint density at radius 3 is 2.74 bits per heavy atom. The van der Waals surface area contributed by atoms with E-state index < -0.39 is 0 Å². The van der Waals surface area contributed by atoms with Crippen LogP contribution in [0.15, 0.2) is 12.1 Å². The minimum absolute atomic E-state index is 0. The molecule has 1 aromatic heterocycles. The summed E-state index contributed by atoms with van der Waals surface area (Å²) in [6.07, 6.45) is 2.07. The molecule has 19 heavy (non-hydrogen) atoms. The van der Waals surface area contributed by atoms with Gasteiger partial charge in [0, 0.05) is 31.9 Å². The zero-order valence-corrected chi connectivity index (χ0v) is 12.8. The lowest BCUT2D eigenvalue weighted by molar-refractivity contribution is 0.0682. The third-order valence-corrected chi connectivity index (χ3v) is 3.79. The number of amides is 1. The molecule has 1 aliphatic rings. The number of nitrogens with zero attached hydrogens (tertiary/aromatic N) is 2. The second-order valence-corrected chi connectivity index (χ2v) is 5.06. The Morgan fingerprint density at radius 1 is 1.53 bits per heavy atom. The molecule has 1 N–H and O–H groups in total. The fourth-order valence-electron chi connectivity index (χ4n) is 2.57. The molecular weight excluding hydrogens is 262 g/mol. The summed E-state index contributed by atoms with van der Waals surface area (Å²) in [5.74, 6) is 0.168. The molecule has 4 nitrogen and oxygen atoms in total. The first-order valence-electron chi connectivity index (χ1n) is 6.79. The molecule has 0 radical (unpaired) electrons. The van der Waals surface area contributed by atoms with E-state index in [2.05, 4.69) is 12.2 Å². The van der Waals surface area contributed by atoms with Gasteiger partial charge in [0.2, 0.25) is 0 Å². The van der Waals surface area contributed by atoms with Crippen LogP contribution < -0.4 is 5.32 Å². The number of aromatic nitrogens is 1. The highest BCUT2D eigenvalue weighted by Crippen LogP contribution is 2.15. The average molecular weight is 286 g/mol. The SMILES string of the molecule is CCCN(C(=O)c1ccc(C)n1C)C1CCNC1.Cl. The number of nitrogens with one attached hydrogen (secondary N) is 1. The van der Waals surface area contributed by atoms with E-state index in [4.69, 9.17) is 0 Å². The maximum Gasteiger partial charge on any atom is 0.270 e. The molecule has 1 fully saturated rings. The van der Waals surface area contributed by atoms with Crippen LogP contribution in [0.25, 0.3) is 0 Å². The van der Waals surface area contributed by atoms with Crippen LogP contribution in [0.4, 0.5) is 0 Å². The lowest BCUT2D eigenvalue weighted by Gasteiger charge is -2.28. The van der Waals surface area contributed by atoms with Gasteiger partial charge in [0.15, 0.2) is 0 Å². The quantitative estimate of drug-likeness (QED) is 0.918. The molecule has 2 heterocycles. The summed E-state index contributed by atoms with van der Waals surface area (Å²) in [7, 11) is 1.96. The van der Waals surface area contributed by atoms with E-state index in [1.165, 1.54) is 0 Å². The third-order valence-electron chi connectivity index (χ3n) is 3.79. The van der Waals surface area contributed by atoms with Gasteiger partial charge in [0.25, 0.3) is 5.91 Å². The minimum atomic E-state index is 0. The zero-order valence-electron chi connectivity index (χ0n) is 12.0. The first-order valence-corrected chi connectivity index (χ1v) is 6.79. The van der Waals surface area contributed by atoms with Crippen molar-refractivity contribution in [3.8, 4) is 0 Å². The van der Waals surface area contributed by atoms with Crippen molar-refractivity contribution in [1.29, 1.82) is 0 Å². The largest absolute Gasteiger partial charge is 0.344 e. The lowest BCUT2D eigenvalue weighted by Crippen LogP contribution is -2.42. The topological polar surface area (TPSA) is 37.3 Å². The zero-order chi connectivity index (χ0) is 13.1. The Bertz CT molecular complexity index is 424. The first-order chi connectivity index (χ1) is 8.65. The van der Waals surface area contributed by atoms with Gasteiger partial charge in [-0.25, -0.2) is 0 Å². The van der Waals surface area contributed by atoms with Crippen molar-refractivity contribution in [1.82, 2.24) is 14.8 Å². The highest BCUT2D eigenvalue weighted by atomic mass is 35.5. The molecule has 1 aromatic rings. The number of rotatable bonds is 4. The molecule has 1 amide bonds. The van der Waals surface area contributed by atoms with Crippen LogP contribution in [0.1, 0.15) is 35.9 Å². The fraction of sp³-hybridized carbons (Fsp3) is 0.643. The lowest BCUT2D eigenvalue weighted by atomic mass is 10.2. The Hall–Kier alpha value is -1.00. The van der Waals surface area contributed by atoms with Crippen LogP contribution in [-0.2, 0) is 7.05 Å². The van der Waals surface area contributed by atoms with Crippen molar-refractivity contribution in [3.63, 3.8) is 0 Å². The van der Waals surface area contributed by atoms with Gasteiger partial charge < -0.3 is 14.8 Å². The van der Waals surface area contributed by atoms with E-state index in [9.17, 15) is 4.79 Å². The Morgan fingerprint density at radius 2 is 2.26 bits per heavy atom. The van der Waals surface area contributed by atoms with Crippen LogP contribution in [0.2, 0.25) is 0 Å². The highest BCUT2D eigenvalue weighted by Gasteiger charge is 2.27. The van der Waals surface area contributed by atoms with Gasteiger partial charge in [-0.15, -0.1) is 12.4 Å². The van der Waals surface area contributed by atoms with Crippen molar-refractivity contribution in [2.24, 2.45) is 7.05 Å². The molecule has 0 aromatic carbocycles. The molecule has 0 bridgehead atoms. The molecule has 108 valence electrons. The molecule has 0 saturated carbocycles. The summed E-state index contributed by atoms with van der Waals surface area (Å²) in [5.41, 5.74) is 1.92.